The molecule has 3 nitrogen and oxygen atoms in total. The molecule has 0 bridgehead atoms. The number of hydrogen-bond donors (Lipinski definition) is 1. The van der Waals surface area contributed by atoms with E-state index >= 15 is 0 Å². The second kappa shape index (κ2) is 7.30. The predicted octanol–water partition coefficient (Wildman–Crippen LogP) is 2.31. The molecular weight excluding hydrogens is 214 g/mol. The van der Waals surface area contributed by atoms with Gasteiger partial charge in [0.2, 0.25) is 0 Å². The van der Waals surface area contributed by atoms with Crippen molar-refractivity contribution in [1.82, 2.24) is 5.32 Å². The smallest absolute Gasteiger partial charge is 0.134 e. The Morgan fingerprint density at radius 1 is 1.29 bits per heavy atom. The average Bonchev–Trinajstić information content (AvgIpc) is 2.32. The summed E-state index contributed by atoms with van der Waals surface area (Å²) in [6, 6.07) is 6.13. The minimum absolute atomic E-state index is 0.0560. The fourth-order valence-corrected chi connectivity index (χ4v) is 1.66. The Morgan fingerprint density at radius 2 is 2.06 bits per heavy atom. The quantitative estimate of drug-likeness (QED) is 0.789. The summed E-state index contributed by atoms with van der Waals surface area (Å²) in [6.07, 6.45) is 0.0560. The fourth-order valence-electron chi connectivity index (χ4n) is 1.66. The topological polar surface area (TPSA) is 30.5 Å². The lowest BCUT2D eigenvalue weighted by Gasteiger charge is -2.20. The highest BCUT2D eigenvalue weighted by atomic mass is 16.5. The van der Waals surface area contributed by atoms with E-state index in [1.807, 2.05) is 12.1 Å². The van der Waals surface area contributed by atoms with Crippen molar-refractivity contribution in [2.45, 2.75) is 26.9 Å². The van der Waals surface area contributed by atoms with Gasteiger partial charge in [0.1, 0.15) is 11.9 Å². The van der Waals surface area contributed by atoms with Gasteiger partial charge in [0.25, 0.3) is 0 Å². The third-order valence-corrected chi connectivity index (χ3v) is 2.82. The maximum absolute atomic E-state index is 5.98. The van der Waals surface area contributed by atoms with E-state index in [4.69, 9.17) is 9.47 Å². The molecule has 0 spiro atoms. The van der Waals surface area contributed by atoms with Gasteiger partial charge in [-0.15, -0.1) is 0 Å². The highest BCUT2D eigenvalue weighted by Crippen LogP contribution is 2.21. The first-order chi connectivity index (χ1) is 8.19. The molecule has 0 amide bonds. The van der Waals surface area contributed by atoms with Crippen molar-refractivity contribution in [2.24, 2.45) is 0 Å². The zero-order chi connectivity index (χ0) is 12.7. The Labute approximate surface area is 104 Å². The van der Waals surface area contributed by atoms with Crippen molar-refractivity contribution in [3.63, 3.8) is 0 Å². The number of ether oxygens (including phenoxy) is 2. The van der Waals surface area contributed by atoms with E-state index in [1.54, 1.807) is 7.11 Å². The van der Waals surface area contributed by atoms with Gasteiger partial charge in [-0.2, -0.15) is 0 Å². The standard InChI is InChI=1S/C14H23NO2/c1-5-15-9-13(10-16-4)17-14-8-6-7-11(2)12(14)3/h6-8,13,15H,5,9-10H2,1-4H3. The lowest BCUT2D eigenvalue weighted by Crippen LogP contribution is -2.35. The van der Waals surface area contributed by atoms with Crippen LogP contribution in [0, 0.1) is 13.8 Å². The number of rotatable bonds is 7. The maximum atomic E-state index is 5.98. The molecule has 0 saturated heterocycles. The van der Waals surface area contributed by atoms with Gasteiger partial charge in [-0.25, -0.2) is 0 Å². The van der Waals surface area contributed by atoms with Crippen molar-refractivity contribution in [2.75, 3.05) is 26.8 Å². The zero-order valence-corrected chi connectivity index (χ0v) is 11.2. The summed E-state index contributed by atoms with van der Waals surface area (Å²) in [5.74, 6) is 0.949. The molecule has 0 fully saturated rings. The van der Waals surface area contributed by atoms with Crippen LogP contribution in [-0.4, -0.2) is 32.9 Å². The molecule has 0 saturated carbocycles. The van der Waals surface area contributed by atoms with Gasteiger partial charge < -0.3 is 14.8 Å². The van der Waals surface area contributed by atoms with E-state index < -0.39 is 0 Å². The van der Waals surface area contributed by atoms with Crippen LogP contribution in [0.25, 0.3) is 0 Å². The second-order valence-corrected chi connectivity index (χ2v) is 4.20. The van der Waals surface area contributed by atoms with Crippen LogP contribution in [0.3, 0.4) is 0 Å². The van der Waals surface area contributed by atoms with Crippen LogP contribution in [0.15, 0.2) is 18.2 Å². The molecule has 3 heteroatoms. The number of likely N-dealkylation sites (N-methyl/N-ethyl adjacent to an activating group) is 1. The summed E-state index contributed by atoms with van der Waals surface area (Å²) in [7, 11) is 1.70. The van der Waals surface area contributed by atoms with E-state index in [-0.39, 0.29) is 6.10 Å². The van der Waals surface area contributed by atoms with Crippen LogP contribution in [0.2, 0.25) is 0 Å². The van der Waals surface area contributed by atoms with Crippen LogP contribution in [0.1, 0.15) is 18.1 Å². The Hall–Kier alpha value is -1.06. The summed E-state index contributed by atoms with van der Waals surface area (Å²) >= 11 is 0. The maximum Gasteiger partial charge on any atom is 0.134 e. The number of hydrogen-bond acceptors (Lipinski definition) is 3. The molecule has 0 aromatic heterocycles. The number of benzene rings is 1. The number of nitrogens with one attached hydrogen (secondary N) is 1. The Balaban J connectivity index is 2.67. The van der Waals surface area contributed by atoms with Gasteiger partial charge in [-0.3, -0.25) is 0 Å². The van der Waals surface area contributed by atoms with Gasteiger partial charge in [-0.05, 0) is 37.6 Å². The van der Waals surface area contributed by atoms with E-state index in [1.165, 1.54) is 11.1 Å². The molecule has 1 rings (SSSR count). The Kier molecular flexibility index (Phi) is 6.01. The summed E-state index contributed by atoms with van der Waals surface area (Å²) in [4.78, 5) is 0. The van der Waals surface area contributed by atoms with Gasteiger partial charge in [0, 0.05) is 13.7 Å². The van der Waals surface area contributed by atoms with Crippen molar-refractivity contribution in [1.29, 1.82) is 0 Å². The Bertz CT molecular complexity index is 339. The largest absolute Gasteiger partial charge is 0.486 e. The second-order valence-electron chi connectivity index (χ2n) is 4.20. The van der Waals surface area contributed by atoms with Crippen molar-refractivity contribution >= 4 is 0 Å². The molecule has 1 unspecified atom stereocenters. The van der Waals surface area contributed by atoms with Crippen molar-refractivity contribution < 1.29 is 9.47 Å². The third-order valence-electron chi connectivity index (χ3n) is 2.82. The molecule has 0 aliphatic carbocycles. The van der Waals surface area contributed by atoms with Crippen LogP contribution in [0.5, 0.6) is 5.75 Å². The van der Waals surface area contributed by atoms with Crippen molar-refractivity contribution in [3.8, 4) is 5.75 Å². The van der Waals surface area contributed by atoms with Gasteiger partial charge in [-0.1, -0.05) is 19.1 Å². The van der Waals surface area contributed by atoms with Crippen LogP contribution < -0.4 is 10.1 Å². The molecular formula is C14H23NO2. The lowest BCUT2D eigenvalue weighted by atomic mass is 10.1. The normalized spacial score (nSPS) is 12.5. The van der Waals surface area contributed by atoms with E-state index in [2.05, 4.69) is 32.2 Å². The third kappa shape index (κ3) is 4.36. The molecule has 0 aliphatic heterocycles. The SMILES string of the molecule is CCNCC(COC)Oc1cccc(C)c1C. The van der Waals surface area contributed by atoms with Gasteiger partial charge >= 0.3 is 0 Å². The van der Waals surface area contributed by atoms with Crippen LogP contribution in [-0.2, 0) is 4.74 Å². The fraction of sp³-hybridized carbons (Fsp3) is 0.571. The van der Waals surface area contributed by atoms with E-state index in [0.29, 0.717) is 6.61 Å². The highest BCUT2D eigenvalue weighted by Gasteiger charge is 2.11. The minimum atomic E-state index is 0.0560. The summed E-state index contributed by atoms with van der Waals surface area (Å²) in [6.45, 7) is 8.61. The van der Waals surface area contributed by atoms with Gasteiger partial charge in [0.15, 0.2) is 0 Å². The highest BCUT2D eigenvalue weighted by molar-refractivity contribution is 5.38. The zero-order valence-electron chi connectivity index (χ0n) is 11.2. The first-order valence-electron chi connectivity index (χ1n) is 6.11. The molecule has 0 radical (unpaired) electrons. The minimum Gasteiger partial charge on any atom is -0.486 e. The number of methoxy groups -OCH3 is 1. The lowest BCUT2D eigenvalue weighted by molar-refractivity contribution is 0.0805. The molecule has 1 aromatic rings. The molecule has 0 heterocycles. The summed E-state index contributed by atoms with van der Waals surface area (Å²) in [5, 5.41) is 3.28. The predicted molar refractivity (Wildman–Crippen MR) is 70.8 cm³/mol. The molecule has 1 aromatic carbocycles. The first-order valence-corrected chi connectivity index (χ1v) is 6.11. The Morgan fingerprint density at radius 3 is 2.71 bits per heavy atom. The molecule has 0 aliphatic rings. The molecule has 17 heavy (non-hydrogen) atoms. The number of aryl methyl sites for hydroxylation is 1. The van der Waals surface area contributed by atoms with Crippen molar-refractivity contribution in [3.05, 3.63) is 29.3 Å². The summed E-state index contributed by atoms with van der Waals surface area (Å²) < 4.78 is 11.2. The van der Waals surface area contributed by atoms with Crippen LogP contribution in [0.4, 0.5) is 0 Å². The van der Waals surface area contributed by atoms with Crippen LogP contribution >= 0.6 is 0 Å². The molecule has 1 N–H and O–H groups in total. The molecule has 1 atom stereocenters. The van der Waals surface area contributed by atoms with E-state index in [9.17, 15) is 0 Å². The summed E-state index contributed by atoms with van der Waals surface area (Å²) in [5.41, 5.74) is 2.45. The first kappa shape index (κ1) is 14.0. The average molecular weight is 237 g/mol. The monoisotopic (exact) mass is 237 g/mol. The molecule has 96 valence electrons. The van der Waals surface area contributed by atoms with Gasteiger partial charge in [0.05, 0.1) is 6.61 Å². The van der Waals surface area contributed by atoms with E-state index in [0.717, 1.165) is 18.8 Å².